The van der Waals surface area contributed by atoms with E-state index in [2.05, 4.69) is 6.92 Å². The van der Waals surface area contributed by atoms with Gasteiger partial charge in [-0.3, -0.25) is 9.59 Å². The Kier molecular flexibility index (Phi) is 7.53. The van der Waals surface area contributed by atoms with Gasteiger partial charge in [0.1, 0.15) is 0 Å². The van der Waals surface area contributed by atoms with Gasteiger partial charge < -0.3 is 10.0 Å². The average Bonchev–Trinajstić information content (AvgIpc) is 2.57. The fraction of sp³-hybridized carbons (Fsp3) is 0.867. The molecule has 0 bridgehead atoms. The van der Waals surface area contributed by atoms with Gasteiger partial charge in [-0.2, -0.15) is 0 Å². The first kappa shape index (κ1) is 16.0. The molecule has 1 heterocycles. The molecule has 1 fully saturated rings. The molecule has 0 spiro atoms. The SMILES string of the molecule is CCCC(CCC(=O)O)CCN1CCCCCC1=O. The zero-order valence-electron chi connectivity index (χ0n) is 12.1. The predicted octanol–water partition coefficient (Wildman–Crippen LogP) is 3.06. The van der Waals surface area contributed by atoms with Gasteiger partial charge in [0.15, 0.2) is 0 Å². The number of rotatable bonds is 8. The van der Waals surface area contributed by atoms with E-state index in [0.717, 1.165) is 58.0 Å². The monoisotopic (exact) mass is 269 g/mol. The molecule has 1 N–H and O–H groups in total. The van der Waals surface area contributed by atoms with Crippen LogP contribution in [0, 0.1) is 5.92 Å². The molecule has 1 aliphatic rings. The van der Waals surface area contributed by atoms with Gasteiger partial charge in [0.05, 0.1) is 0 Å². The Morgan fingerprint density at radius 1 is 1.26 bits per heavy atom. The Morgan fingerprint density at radius 3 is 2.74 bits per heavy atom. The summed E-state index contributed by atoms with van der Waals surface area (Å²) in [4.78, 5) is 24.5. The van der Waals surface area contributed by atoms with Crippen LogP contribution in [0.2, 0.25) is 0 Å². The fourth-order valence-corrected chi connectivity index (χ4v) is 2.78. The smallest absolute Gasteiger partial charge is 0.303 e. The standard InChI is InChI=1S/C15H27NO3/c1-2-6-13(8-9-15(18)19)10-12-16-11-5-3-4-7-14(16)17/h13H,2-12H2,1H3,(H,18,19). The zero-order valence-corrected chi connectivity index (χ0v) is 12.1. The maximum atomic E-state index is 11.9. The van der Waals surface area contributed by atoms with Gasteiger partial charge in [-0.15, -0.1) is 0 Å². The van der Waals surface area contributed by atoms with Gasteiger partial charge >= 0.3 is 5.97 Å². The molecule has 4 nitrogen and oxygen atoms in total. The van der Waals surface area contributed by atoms with E-state index >= 15 is 0 Å². The Labute approximate surface area is 116 Å². The molecule has 19 heavy (non-hydrogen) atoms. The van der Waals surface area contributed by atoms with E-state index in [1.807, 2.05) is 4.90 Å². The third-order valence-electron chi connectivity index (χ3n) is 3.94. The van der Waals surface area contributed by atoms with Crippen LogP contribution < -0.4 is 0 Å². The van der Waals surface area contributed by atoms with Gasteiger partial charge in [0.25, 0.3) is 0 Å². The molecule has 110 valence electrons. The second-order valence-corrected chi connectivity index (χ2v) is 5.57. The molecular formula is C15H27NO3. The normalized spacial score (nSPS) is 18.2. The van der Waals surface area contributed by atoms with E-state index in [1.54, 1.807) is 0 Å². The Balaban J connectivity index is 2.36. The lowest BCUT2D eigenvalue weighted by molar-refractivity contribution is -0.137. The molecule has 0 saturated carbocycles. The minimum absolute atomic E-state index is 0.249. The van der Waals surface area contributed by atoms with Crippen molar-refractivity contribution in [2.45, 2.75) is 64.7 Å². The number of carbonyl (C=O) groups is 2. The number of aliphatic carboxylic acids is 1. The van der Waals surface area contributed by atoms with E-state index in [0.29, 0.717) is 12.3 Å². The van der Waals surface area contributed by atoms with Crippen molar-refractivity contribution in [1.82, 2.24) is 4.90 Å². The third kappa shape index (κ3) is 6.60. The van der Waals surface area contributed by atoms with Crippen molar-refractivity contribution in [2.75, 3.05) is 13.1 Å². The molecule has 0 aromatic rings. The van der Waals surface area contributed by atoms with Gasteiger partial charge in [-0.05, 0) is 31.6 Å². The first-order valence-corrected chi connectivity index (χ1v) is 7.63. The Morgan fingerprint density at radius 2 is 2.05 bits per heavy atom. The number of carboxylic acid groups (broad SMARTS) is 1. The lowest BCUT2D eigenvalue weighted by atomic mass is 9.94. The molecule has 1 amide bonds. The van der Waals surface area contributed by atoms with E-state index < -0.39 is 5.97 Å². The maximum Gasteiger partial charge on any atom is 0.303 e. The molecule has 0 aromatic carbocycles. The van der Waals surface area contributed by atoms with Crippen molar-refractivity contribution < 1.29 is 14.7 Å². The van der Waals surface area contributed by atoms with Crippen molar-refractivity contribution >= 4 is 11.9 Å². The molecule has 0 aliphatic carbocycles. The predicted molar refractivity (Wildman–Crippen MR) is 74.9 cm³/mol. The first-order chi connectivity index (χ1) is 9.13. The molecule has 0 radical (unpaired) electrons. The number of carboxylic acids is 1. The summed E-state index contributed by atoms with van der Waals surface area (Å²) in [6.45, 7) is 3.82. The Bertz CT molecular complexity index is 291. The van der Waals surface area contributed by atoms with Crippen LogP contribution in [0.1, 0.15) is 64.7 Å². The zero-order chi connectivity index (χ0) is 14.1. The molecule has 1 unspecified atom stereocenters. The summed E-state index contributed by atoms with van der Waals surface area (Å²) in [7, 11) is 0. The van der Waals surface area contributed by atoms with Gasteiger partial charge in [-0.1, -0.05) is 26.2 Å². The summed E-state index contributed by atoms with van der Waals surface area (Å²) in [6, 6.07) is 0. The third-order valence-corrected chi connectivity index (χ3v) is 3.94. The van der Waals surface area contributed by atoms with E-state index in [1.165, 1.54) is 0 Å². The summed E-state index contributed by atoms with van der Waals surface area (Å²) in [6.07, 6.45) is 8.06. The van der Waals surface area contributed by atoms with Gasteiger partial charge in [0, 0.05) is 25.9 Å². The van der Waals surface area contributed by atoms with Crippen LogP contribution in [-0.4, -0.2) is 35.0 Å². The topological polar surface area (TPSA) is 57.6 Å². The number of nitrogens with zero attached hydrogens (tertiary/aromatic N) is 1. The van der Waals surface area contributed by atoms with Crippen LogP contribution in [0.5, 0.6) is 0 Å². The number of likely N-dealkylation sites (tertiary alicyclic amines) is 1. The lowest BCUT2D eigenvalue weighted by Crippen LogP contribution is -2.32. The Hall–Kier alpha value is -1.06. The summed E-state index contributed by atoms with van der Waals surface area (Å²) < 4.78 is 0. The van der Waals surface area contributed by atoms with Crippen molar-refractivity contribution in [2.24, 2.45) is 5.92 Å². The molecule has 1 aliphatic heterocycles. The average molecular weight is 269 g/mol. The number of carbonyl (C=O) groups excluding carboxylic acids is 1. The highest BCUT2D eigenvalue weighted by Crippen LogP contribution is 2.20. The lowest BCUT2D eigenvalue weighted by Gasteiger charge is -2.23. The highest BCUT2D eigenvalue weighted by molar-refractivity contribution is 5.76. The van der Waals surface area contributed by atoms with Gasteiger partial charge in [0.2, 0.25) is 5.91 Å². The first-order valence-electron chi connectivity index (χ1n) is 7.63. The number of amides is 1. The maximum absolute atomic E-state index is 11.9. The minimum atomic E-state index is -0.716. The van der Waals surface area contributed by atoms with E-state index in [-0.39, 0.29) is 12.3 Å². The van der Waals surface area contributed by atoms with Crippen LogP contribution in [0.3, 0.4) is 0 Å². The van der Waals surface area contributed by atoms with E-state index in [9.17, 15) is 9.59 Å². The largest absolute Gasteiger partial charge is 0.481 e. The van der Waals surface area contributed by atoms with Crippen LogP contribution in [0.25, 0.3) is 0 Å². The highest BCUT2D eigenvalue weighted by Gasteiger charge is 2.18. The van der Waals surface area contributed by atoms with Crippen LogP contribution in [0.15, 0.2) is 0 Å². The molecule has 1 rings (SSSR count). The molecular weight excluding hydrogens is 242 g/mol. The summed E-state index contributed by atoms with van der Waals surface area (Å²) in [5.74, 6) is 0.00934. The minimum Gasteiger partial charge on any atom is -0.481 e. The summed E-state index contributed by atoms with van der Waals surface area (Å²) in [5, 5.41) is 8.76. The van der Waals surface area contributed by atoms with Crippen molar-refractivity contribution in [3.05, 3.63) is 0 Å². The van der Waals surface area contributed by atoms with Crippen molar-refractivity contribution in [1.29, 1.82) is 0 Å². The number of hydrogen-bond donors (Lipinski definition) is 1. The number of hydrogen-bond acceptors (Lipinski definition) is 2. The summed E-state index contributed by atoms with van der Waals surface area (Å²) >= 11 is 0. The van der Waals surface area contributed by atoms with Crippen LogP contribution >= 0.6 is 0 Å². The van der Waals surface area contributed by atoms with E-state index in [4.69, 9.17) is 5.11 Å². The summed E-state index contributed by atoms with van der Waals surface area (Å²) in [5.41, 5.74) is 0. The molecule has 1 saturated heterocycles. The van der Waals surface area contributed by atoms with Gasteiger partial charge in [-0.25, -0.2) is 0 Å². The van der Waals surface area contributed by atoms with Crippen molar-refractivity contribution in [3.8, 4) is 0 Å². The molecule has 0 aromatic heterocycles. The molecule has 1 atom stereocenters. The highest BCUT2D eigenvalue weighted by atomic mass is 16.4. The van der Waals surface area contributed by atoms with Crippen LogP contribution in [0.4, 0.5) is 0 Å². The second kappa shape index (κ2) is 8.94. The fourth-order valence-electron chi connectivity index (χ4n) is 2.78. The quantitative estimate of drug-likeness (QED) is 0.736. The van der Waals surface area contributed by atoms with Crippen molar-refractivity contribution in [3.63, 3.8) is 0 Å². The van der Waals surface area contributed by atoms with Crippen LogP contribution in [-0.2, 0) is 9.59 Å². The second-order valence-electron chi connectivity index (χ2n) is 5.57. The molecule has 4 heteroatoms.